The van der Waals surface area contributed by atoms with E-state index in [0.29, 0.717) is 11.4 Å². The zero-order valence-electron chi connectivity index (χ0n) is 9.64. The number of phenolic OH excluding ortho intramolecular Hbond substituents is 1. The van der Waals surface area contributed by atoms with Crippen LogP contribution in [0.4, 0.5) is 5.69 Å². The molecule has 5 nitrogen and oxygen atoms in total. The highest BCUT2D eigenvalue weighted by molar-refractivity contribution is 6.03. The number of anilines is 1. The minimum atomic E-state index is -0.297. The van der Waals surface area contributed by atoms with Gasteiger partial charge in [-0.05, 0) is 25.1 Å². The summed E-state index contributed by atoms with van der Waals surface area (Å²) in [6, 6.07) is 8.28. The number of carbonyl (C=O) groups excluding carboxylic acids is 1. The molecule has 1 heterocycles. The molecule has 0 saturated carbocycles. The number of aromatic hydroxyl groups is 1. The van der Waals surface area contributed by atoms with E-state index in [-0.39, 0.29) is 11.7 Å². The predicted molar refractivity (Wildman–Crippen MR) is 64.0 cm³/mol. The number of para-hydroxylation sites is 2. The number of phenols is 1. The molecule has 0 aliphatic rings. The van der Waals surface area contributed by atoms with Gasteiger partial charge in [0, 0.05) is 7.05 Å². The maximum Gasteiger partial charge on any atom is 0.274 e. The summed E-state index contributed by atoms with van der Waals surface area (Å²) >= 11 is 0. The van der Waals surface area contributed by atoms with Crippen molar-refractivity contribution < 1.29 is 9.90 Å². The standard InChI is InChI=1S/C12H13N3O2/c1-8-7-10(15(2)14-8)12(17)13-9-5-3-4-6-11(9)16/h3-7,16H,1-2H3,(H,13,17). The van der Waals surface area contributed by atoms with Crippen molar-refractivity contribution in [3.8, 4) is 5.75 Å². The number of aryl methyl sites for hydroxylation is 2. The number of nitrogens with zero attached hydrogens (tertiary/aromatic N) is 2. The lowest BCUT2D eigenvalue weighted by Crippen LogP contribution is -2.16. The van der Waals surface area contributed by atoms with Crippen molar-refractivity contribution in [1.82, 2.24) is 9.78 Å². The van der Waals surface area contributed by atoms with E-state index in [4.69, 9.17) is 0 Å². The van der Waals surface area contributed by atoms with Crippen LogP contribution in [0.1, 0.15) is 16.2 Å². The fourth-order valence-electron chi connectivity index (χ4n) is 1.59. The Hall–Kier alpha value is -2.30. The quantitative estimate of drug-likeness (QED) is 0.773. The van der Waals surface area contributed by atoms with E-state index in [9.17, 15) is 9.90 Å². The van der Waals surface area contributed by atoms with Crippen molar-refractivity contribution in [3.63, 3.8) is 0 Å². The Balaban J connectivity index is 2.23. The highest BCUT2D eigenvalue weighted by Crippen LogP contribution is 2.22. The summed E-state index contributed by atoms with van der Waals surface area (Å²) in [6.07, 6.45) is 0. The van der Waals surface area contributed by atoms with Gasteiger partial charge in [0.1, 0.15) is 11.4 Å². The molecular formula is C12H13N3O2. The first-order valence-electron chi connectivity index (χ1n) is 5.18. The van der Waals surface area contributed by atoms with Crippen molar-refractivity contribution in [2.45, 2.75) is 6.92 Å². The summed E-state index contributed by atoms with van der Waals surface area (Å²) < 4.78 is 1.50. The first kappa shape index (κ1) is 11.2. The van der Waals surface area contributed by atoms with Gasteiger partial charge in [0.25, 0.3) is 5.91 Å². The molecular weight excluding hydrogens is 218 g/mol. The molecule has 0 spiro atoms. The van der Waals surface area contributed by atoms with Crippen molar-refractivity contribution >= 4 is 11.6 Å². The lowest BCUT2D eigenvalue weighted by molar-refractivity contribution is 0.101. The number of rotatable bonds is 2. The third kappa shape index (κ3) is 2.28. The van der Waals surface area contributed by atoms with E-state index < -0.39 is 0 Å². The Kier molecular flexibility index (Phi) is 2.82. The monoisotopic (exact) mass is 231 g/mol. The number of amides is 1. The Bertz CT molecular complexity index is 561. The molecule has 2 aromatic rings. The molecule has 17 heavy (non-hydrogen) atoms. The smallest absolute Gasteiger partial charge is 0.274 e. The van der Waals surface area contributed by atoms with Gasteiger partial charge in [-0.1, -0.05) is 12.1 Å². The zero-order chi connectivity index (χ0) is 12.4. The van der Waals surface area contributed by atoms with E-state index in [2.05, 4.69) is 10.4 Å². The second kappa shape index (κ2) is 4.29. The summed E-state index contributed by atoms with van der Waals surface area (Å²) in [5, 5.41) is 16.3. The summed E-state index contributed by atoms with van der Waals surface area (Å²) in [6.45, 7) is 1.82. The van der Waals surface area contributed by atoms with E-state index in [1.807, 2.05) is 6.92 Å². The Morgan fingerprint density at radius 2 is 2.12 bits per heavy atom. The van der Waals surface area contributed by atoms with Crippen LogP contribution in [0.25, 0.3) is 0 Å². The minimum Gasteiger partial charge on any atom is -0.506 e. The highest BCUT2D eigenvalue weighted by Gasteiger charge is 2.13. The molecule has 0 bridgehead atoms. The second-order valence-electron chi connectivity index (χ2n) is 3.77. The summed E-state index contributed by atoms with van der Waals surface area (Å²) in [5.74, 6) is -0.255. The van der Waals surface area contributed by atoms with Crippen molar-refractivity contribution in [3.05, 3.63) is 41.7 Å². The van der Waals surface area contributed by atoms with E-state index in [0.717, 1.165) is 5.69 Å². The van der Waals surface area contributed by atoms with Gasteiger partial charge in [-0.25, -0.2) is 0 Å². The molecule has 0 saturated heterocycles. The van der Waals surface area contributed by atoms with Gasteiger partial charge in [-0.15, -0.1) is 0 Å². The first-order valence-corrected chi connectivity index (χ1v) is 5.18. The van der Waals surface area contributed by atoms with Crippen LogP contribution >= 0.6 is 0 Å². The van der Waals surface area contributed by atoms with E-state index in [1.165, 1.54) is 10.7 Å². The van der Waals surface area contributed by atoms with Gasteiger partial charge < -0.3 is 10.4 Å². The molecule has 2 N–H and O–H groups in total. The largest absolute Gasteiger partial charge is 0.506 e. The van der Waals surface area contributed by atoms with Crippen molar-refractivity contribution in [2.75, 3.05) is 5.32 Å². The Morgan fingerprint density at radius 1 is 1.41 bits per heavy atom. The highest BCUT2D eigenvalue weighted by atomic mass is 16.3. The molecule has 2 rings (SSSR count). The molecule has 1 amide bonds. The average molecular weight is 231 g/mol. The Labute approximate surface area is 98.7 Å². The van der Waals surface area contributed by atoms with Crippen LogP contribution in [0.5, 0.6) is 5.75 Å². The van der Waals surface area contributed by atoms with Crippen LogP contribution in [0, 0.1) is 6.92 Å². The first-order chi connectivity index (χ1) is 8.08. The summed E-state index contributed by atoms with van der Waals surface area (Å²) in [7, 11) is 1.70. The van der Waals surface area contributed by atoms with Gasteiger partial charge >= 0.3 is 0 Å². The number of nitrogens with one attached hydrogen (secondary N) is 1. The lowest BCUT2D eigenvalue weighted by Gasteiger charge is -2.06. The van der Waals surface area contributed by atoms with Crippen molar-refractivity contribution in [2.24, 2.45) is 7.05 Å². The molecule has 5 heteroatoms. The van der Waals surface area contributed by atoms with Crippen LogP contribution in [-0.4, -0.2) is 20.8 Å². The van der Waals surface area contributed by atoms with Crippen molar-refractivity contribution in [1.29, 1.82) is 0 Å². The van der Waals surface area contributed by atoms with Gasteiger partial charge in [0.05, 0.1) is 11.4 Å². The predicted octanol–water partition coefficient (Wildman–Crippen LogP) is 1.69. The van der Waals surface area contributed by atoms with E-state index in [1.54, 1.807) is 31.3 Å². The van der Waals surface area contributed by atoms with Crippen LogP contribution in [0.15, 0.2) is 30.3 Å². The van der Waals surface area contributed by atoms with Gasteiger partial charge in [-0.2, -0.15) is 5.10 Å². The lowest BCUT2D eigenvalue weighted by atomic mass is 10.2. The number of hydrogen-bond acceptors (Lipinski definition) is 3. The number of carbonyl (C=O) groups is 1. The van der Waals surface area contributed by atoms with Crippen LogP contribution < -0.4 is 5.32 Å². The number of hydrogen-bond donors (Lipinski definition) is 2. The van der Waals surface area contributed by atoms with Gasteiger partial charge in [-0.3, -0.25) is 9.48 Å². The fourth-order valence-corrected chi connectivity index (χ4v) is 1.59. The van der Waals surface area contributed by atoms with Crippen LogP contribution in [0.2, 0.25) is 0 Å². The molecule has 1 aromatic carbocycles. The van der Waals surface area contributed by atoms with E-state index >= 15 is 0 Å². The third-order valence-corrected chi connectivity index (χ3v) is 2.39. The third-order valence-electron chi connectivity index (χ3n) is 2.39. The maximum absolute atomic E-state index is 11.9. The number of aromatic nitrogens is 2. The fraction of sp³-hybridized carbons (Fsp3) is 0.167. The van der Waals surface area contributed by atoms with Crippen LogP contribution in [0.3, 0.4) is 0 Å². The topological polar surface area (TPSA) is 67.2 Å². The Morgan fingerprint density at radius 3 is 2.71 bits per heavy atom. The molecule has 0 radical (unpaired) electrons. The minimum absolute atomic E-state index is 0.0414. The normalized spacial score (nSPS) is 10.2. The SMILES string of the molecule is Cc1cc(C(=O)Nc2ccccc2O)n(C)n1. The average Bonchev–Trinajstić information content (AvgIpc) is 2.61. The summed E-state index contributed by atoms with van der Waals surface area (Å²) in [5.41, 5.74) is 1.61. The van der Waals surface area contributed by atoms with Gasteiger partial charge in [0.2, 0.25) is 0 Å². The zero-order valence-corrected chi connectivity index (χ0v) is 9.64. The summed E-state index contributed by atoms with van der Waals surface area (Å²) in [4.78, 5) is 11.9. The molecule has 0 atom stereocenters. The molecule has 88 valence electrons. The van der Waals surface area contributed by atoms with Crippen LogP contribution in [-0.2, 0) is 7.05 Å². The molecule has 1 aromatic heterocycles. The molecule has 0 aliphatic carbocycles. The van der Waals surface area contributed by atoms with Gasteiger partial charge in [0.15, 0.2) is 0 Å². The molecule has 0 aliphatic heterocycles. The molecule has 0 fully saturated rings. The molecule has 0 unspecified atom stereocenters. The maximum atomic E-state index is 11.9. The number of benzene rings is 1. The second-order valence-corrected chi connectivity index (χ2v) is 3.77.